The van der Waals surface area contributed by atoms with Crippen LogP contribution < -0.4 is 15.5 Å². The Morgan fingerprint density at radius 2 is 1.81 bits per heavy atom. The number of H-pyrrole nitrogens is 1. The lowest BCUT2D eigenvalue weighted by molar-refractivity contribution is 0.176. The first-order valence-corrected chi connectivity index (χ1v) is 12.9. The first-order chi connectivity index (χ1) is 17.3. The number of hydrogen-bond donors (Lipinski definition) is 5. The molecule has 0 spiro atoms. The minimum absolute atomic E-state index is 0.000868. The van der Waals surface area contributed by atoms with Crippen molar-refractivity contribution in [3.05, 3.63) is 98.4 Å². The molecule has 36 heavy (non-hydrogen) atoms. The van der Waals surface area contributed by atoms with E-state index < -0.39 is 6.10 Å². The van der Waals surface area contributed by atoms with Gasteiger partial charge in [0.25, 0.3) is 0 Å². The Balaban J connectivity index is 1.26. The van der Waals surface area contributed by atoms with Crippen molar-refractivity contribution >= 4 is 21.6 Å². The number of aliphatic hydroxyl groups is 1. The summed E-state index contributed by atoms with van der Waals surface area (Å²) in [7, 11) is 0. The minimum atomic E-state index is -0.792. The van der Waals surface area contributed by atoms with Gasteiger partial charge in [0.1, 0.15) is 17.1 Å². The zero-order valence-electron chi connectivity index (χ0n) is 20.4. The summed E-state index contributed by atoms with van der Waals surface area (Å²) in [6.45, 7) is 6.05. The number of aromatic nitrogens is 1. The van der Waals surface area contributed by atoms with E-state index >= 15 is 0 Å². The van der Waals surface area contributed by atoms with E-state index in [-0.39, 0.29) is 28.4 Å². The minimum Gasteiger partial charge on any atom is -0.506 e. The van der Waals surface area contributed by atoms with Crippen LogP contribution in [-0.2, 0) is 13.0 Å². The molecule has 0 aliphatic carbocycles. The van der Waals surface area contributed by atoms with Crippen molar-refractivity contribution in [1.29, 1.82) is 0 Å². The number of rotatable bonds is 11. The Bertz CT molecular complexity index is 1350. The molecule has 3 aromatic carbocycles. The van der Waals surface area contributed by atoms with E-state index in [2.05, 4.69) is 53.7 Å². The lowest BCUT2D eigenvalue weighted by Crippen LogP contribution is -2.30. The van der Waals surface area contributed by atoms with E-state index in [1.165, 1.54) is 29.3 Å². The average Bonchev–Trinajstić information content (AvgIpc) is 3.28. The van der Waals surface area contributed by atoms with Gasteiger partial charge in [-0.05, 0) is 60.7 Å². The second-order valence-electron chi connectivity index (χ2n) is 9.19. The van der Waals surface area contributed by atoms with Crippen molar-refractivity contribution in [2.75, 3.05) is 13.1 Å². The fraction of sp³-hybridized carbons (Fsp3) is 0.321. The zero-order chi connectivity index (χ0) is 25.7. The highest BCUT2D eigenvalue weighted by Gasteiger charge is 2.16. The molecule has 0 radical (unpaired) electrons. The van der Waals surface area contributed by atoms with Gasteiger partial charge in [-0.2, -0.15) is 0 Å². The van der Waals surface area contributed by atoms with Crippen LogP contribution in [0.3, 0.4) is 0 Å². The number of aliphatic hydroxyl groups excluding tert-OH is 1. The Morgan fingerprint density at radius 1 is 1.06 bits per heavy atom. The van der Waals surface area contributed by atoms with Crippen molar-refractivity contribution < 1.29 is 14.6 Å². The third kappa shape index (κ3) is 6.39. The summed E-state index contributed by atoms with van der Waals surface area (Å²) in [6.07, 6.45) is 0.0181. The van der Waals surface area contributed by atoms with Crippen molar-refractivity contribution in [2.24, 2.45) is 0 Å². The van der Waals surface area contributed by atoms with Gasteiger partial charge in [0.2, 0.25) is 0 Å². The first-order valence-electron chi connectivity index (χ1n) is 12.1. The molecule has 1 heterocycles. The Morgan fingerprint density at radius 3 is 2.58 bits per heavy atom. The van der Waals surface area contributed by atoms with Gasteiger partial charge in [0.05, 0.1) is 10.8 Å². The molecule has 0 saturated heterocycles. The molecule has 4 aromatic rings. The molecular formula is C28H32FN3O3S. The predicted molar refractivity (Wildman–Crippen MR) is 143 cm³/mol. The van der Waals surface area contributed by atoms with E-state index in [0.29, 0.717) is 28.9 Å². The van der Waals surface area contributed by atoms with Gasteiger partial charge in [-0.3, -0.25) is 4.79 Å². The maximum atomic E-state index is 13.2. The number of fused-ring (bicyclic) bond motifs is 1. The molecule has 190 valence electrons. The highest BCUT2D eigenvalue weighted by atomic mass is 32.1. The van der Waals surface area contributed by atoms with Crippen LogP contribution in [0.1, 0.15) is 48.1 Å². The lowest BCUT2D eigenvalue weighted by atomic mass is 9.94. The number of thiazole rings is 1. The van der Waals surface area contributed by atoms with Crippen molar-refractivity contribution in [3.63, 3.8) is 0 Å². The number of nitrogens with one attached hydrogen (secondary N) is 3. The van der Waals surface area contributed by atoms with Crippen LogP contribution in [0.5, 0.6) is 5.75 Å². The van der Waals surface area contributed by atoms with Crippen molar-refractivity contribution in [3.8, 4) is 5.75 Å². The largest absolute Gasteiger partial charge is 0.506 e. The van der Waals surface area contributed by atoms with E-state index in [9.17, 15) is 19.4 Å². The smallest absolute Gasteiger partial charge is 0.305 e. The number of phenols is 1. The van der Waals surface area contributed by atoms with Gasteiger partial charge in [-0.15, -0.1) is 0 Å². The van der Waals surface area contributed by atoms with Gasteiger partial charge >= 0.3 is 4.87 Å². The summed E-state index contributed by atoms with van der Waals surface area (Å²) in [6, 6.07) is 18.5. The average molecular weight is 510 g/mol. The normalized spacial score (nSPS) is 14.1. The van der Waals surface area contributed by atoms with Crippen molar-refractivity contribution in [2.45, 2.75) is 44.9 Å². The van der Waals surface area contributed by atoms with Crippen LogP contribution >= 0.6 is 11.3 Å². The number of hydrogen-bond acceptors (Lipinski definition) is 6. The third-order valence-corrected chi connectivity index (χ3v) is 7.57. The van der Waals surface area contributed by atoms with Gasteiger partial charge in [0, 0.05) is 24.7 Å². The van der Waals surface area contributed by atoms with Crippen molar-refractivity contribution in [1.82, 2.24) is 15.6 Å². The summed E-state index contributed by atoms with van der Waals surface area (Å²) in [5.74, 6) is 0.0384. The topological polar surface area (TPSA) is 97.4 Å². The number of aromatic hydroxyl groups is 1. The predicted octanol–water partition coefficient (Wildman–Crippen LogP) is 4.58. The molecule has 3 atom stereocenters. The van der Waals surface area contributed by atoms with Crippen LogP contribution in [0.15, 0.2) is 65.5 Å². The molecule has 0 saturated carbocycles. The molecule has 0 aliphatic rings. The zero-order valence-corrected chi connectivity index (χ0v) is 21.2. The molecular weight excluding hydrogens is 477 g/mol. The molecule has 6 nitrogen and oxygen atoms in total. The molecule has 1 aromatic heterocycles. The third-order valence-electron chi connectivity index (χ3n) is 6.64. The lowest BCUT2D eigenvalue weighted by Gasteiger charge is -2.22. The fourth-order valence-electron chi connectivity index (χ4n) is 4.29. The van der Waals surface area contributed by atoms with Gasteiger partial charge in [-0.1, -0.05) is 60.7 Å². The molecule has 8 heteroatoms. The standard InChI is InChI=1S/C28H32FN3O3S/c1-17(21-6-8-22(29)9-7-21)18(2)31-15-20-5-3-4-19(14-20)12-13-30-16-25(34)23-10-11-24(33)26-27(23)36-28(35)32-26/h3-11,14,17-18,25,30-31,33-34H,12-13,15-16H2,1-2H3,(H,32,35)/t17-,18?,25+/m1/s1. The van der Waals surface area contributed by atoms with Crippen LogP contribution in [0.4, 0.5) is 4.39 Å². The van der Waals surface area contributed by atoms with Crippen LogP contribution in [0, 0.1) is 5.82 Å². The van der Waals surface area contributed by atoms with E-state index in [0.717, 1.165) is 29.9 Å². The van der Waals surface area contributed by atoms with Crippen LogP contribution in [0.25, 0.3) is 10.2 Å². The SMILES string of the molecule is CC(NCc1cccc(CCNC[C@H](O)c2ccc(O)c3[nH]c(=O)sc23)c1)[C@@H](C)c1ccc(F)cc1. The number of halogens is 1. The second-order valence-corrected chi connectivity index (χ2v) is 10.2. The Kier molecular flexibility index (Phi) is 8.53. The molecule has 1 unspecified atom stereocenters. The van der Waals surface area contributed by atoms with Gasteiger partial charge in [-0.25, -0.2) is 4.39 Å². The van der Waals surface area contributed by atoms with Gasteiger partial charge in [0.15, 0.2) is 0 Å². The summed E-state index contributed by atoms with van der Waals surface area (Å²) in [4.78, 5) is 14.0. The van der Waals surface area contributed by atoms with E-state index in [1.54, 1.807) is 6.07 Å². The number of phenolic OH excluding ortho intramolecular Hbond substituents is 1. The number of aromatic amines is 1. The molecule has 0 fully saturated rings. The van der Waals surface area contributed by atoms with E-state index in [4.69, 9.17) is 0 Å². The van der Waals surface area contributed by atoms with Gasteiger partial charge < -0.3 is 25.8 Å². The van der Waals surface area contributed by atoms with Crippen LogP contribution in [-0.4, -0.2) is 34.3 Å². The number of benzene rings is 3. The highest BCUT2D eigenvalue weighted by Crippen LogP contribution is 2.31. The molecule has 0 amide bonds. The Labute approximate surface area is 213 Å². The summed E-state index contributed by atoms with van der Waals surface area (Å²) >= 11 is 0.986. The molecule has 0 bridgehead atoms. The summed E-state index contributed by atoms with van der Waals surface area (Å²) in [5, 5.41) is 27.4. The fourth-order valence-corrected chi connectivity index (χ4v) is 5.21. The summed E-state index contributed by atoms with van der Waals surface area (Å²) < 4.78 is 13.8. The maximum Gasteiger partial charge on any atom is 0.305 e. The quantitative estimate of drug-likeness (QED) is 0.191. The molecule has 5 N–H and O–H groups in total. The highest BCUT2D eigenvalue weighted by molar-refractivity contribution is 7.16. The first kappa shape index (κ1) is 26.0. The molecule has 4 rings (SSSR count). The summed E-state index contributed by atoms with van der Waals surface area (Å²) in [5.41, 5.74) is 4.49. The maximum absolute atomic E-state index is 13.2. The molecule has 0 aliphatic heterocycles. The van der Waals surface area contributed by atoms with E-state index in [1.807, 2.05) is 12.1 Å². The Hall–Kier alpha value is -3.04. The monoisotopic (exact) mass is 509 g/mol. The van der Waals surface area contributed by atoms with Crippen LogP contribution in [0.2, 0.25) is 0 Å². The second kappa shape index (κ2) is 11.8.